The van der Waals surface area contributed by atoms with Gasteiger partial charge in [-0.2, -0.15) is 4.68 Å². The molecule has 10 heteroatoms. The Bertz CT molecular complexity index is 541. The first-order valence-corrected chi connectivity index (χ1v) is 7.25. The molecule has 1 atom stereocenters. The van der Waals surface area contributed by atoms with Gasteiger partial charge in [-0.05, 0) is 18.3 Å². The lowest BCUT2D eigenvalue weighted by atomic mass is 10.2. The zero-order valence-electron chi connectivity index (χ0n) is 9.74. The summed E-state index contributed by atoms with van der Waals surface area (Å²) >= 11 is 0. The van der Waals surface area contributed by atoms with Gasteiger partial charge in [0.15, 0.2) is 0 Å². The average Bonchev–Trinajstić information content (AvgIpc) is 2.70. The molecular weight excluding hydrogens is 286 g/mol. The van der Waals surface area contributed by atoms with Gasteiger partial charge >= 0.3 is 5.82 Å². The van der Waals surface area contributed by atoms with E-state index in [9.17, 15) is 18.5 Å². The third-order valence-corrected chi connectivity index (χ3v) is 3.62. The molecule has 0 saturated heterocycles. The normalized spacial score (nSPS) is 13.5. The van der Waals surface area contributed by atoms with Crippen molar-refractivity contribution in [2.45, 2.75) is 24.3 Å². The molecule has 1 unspecified atom stereocenters. The molecule has 0 bridgehead atoms. The first-order chi connectivity index (χ1) is 8.27. The lowest BCUT2D eigenvalue weighted by Crippen LogP contribution is -2.08. The molecule has 0 aliphatic heterocycles. The number of nitrogens with zero attached hydrogens (tertiary/aromatic N) is 3. The predicted molar refractivity (Wildman–Crippen MR) is 63.1 cm³/mol. The fraction of sp³-hybridized carbons (Fsp3) is 0.625. The van der Waals surface area contributed by atoms with E-state index in [4.69, 9.17) is 15.4 Å². The number of aromatic nitrogens is 2. The number of nitro groups is 1. The van der Waals surface area contributed by atoms with Gasteiger partial charge in [-0.3, -0.25) is 0 Å². The Labute approximate surface area is 108 Å². The summed E-state index contributed by atoms with van der Waals surface area (Å²) in [5.74, 6) is -0.769. The van der Waals surface area contributed by atoms with Gasteiger partial charge in [0.25, 0.3) is 9.05 Å². The lowest BCUT2D eigenvalue weighted by molar-refractivity contribution is -0.392. The van der Waals surface area contributed by atoms with Crippen LogP contribution in [0.2, 0.25) is 0 Å². The van der Waals surface area contributed by atoms with E-state index >= 15 is 0 Å². The van der Waals surface area contributed by atoms with Crippen molar-refractivity contribution < 1.29 is 18.1 Å². The summed E-state index contributed by atoms with van der Waals surface area (Å²) in [6, 6.07) is -0.240. The van der Waals surface area contributed by atoms with Crippen LogP contribution in [-0.4, -0.2) is 36.8 Å². The maximum absolute atomic E-state index is 11.2. The Morgan fingerprint density at radius 1 is 1.67 bits per heavy atom. The Hall–Kier alpha value is -1.19. The topological polar surface area (TPSA) is 104 Å². The van der Waals surface area contributed by atoms with Gasteiger partial charge in [0.05, 0.1) is 17.3 Å². The van der Waals surface area contributed by atoms with Gasteiger partial charge < -0.3 is 14.9 Å². The standard InChI is InChI=1S/C8H12ClN3O5S/c1-6(3-4-17-2)11-5-7(18(9,15)16)8(10-11)12(13)14/h5-6H,3-4H2,1-2H3. The van der Waals surface area contributed by atoms with Gasteiger partial charge in [-0.1, -0.05) is 0 Å². The van der Waals surface area contributed by atoms with Crippen LogP contribution in [0.15, 0.2) is 11.1 Å². The SMILES string of the molecule is COCCC(C)n1cc(S(=O)(=O)Cl)c([N+](=O)[O-])n1. The molecule has 0 N–H and O–H groups in total. The fourth-order valence-electron chi connectivity index (χ4n) is 1.31. The minimum Gasteiger partial charge on any atom is -0.385 e. The Kier molecular flexibility index (Phi) is 4.65. The van der Waals surface area contributed by atoms with Crippen LogP contribution in [-0.2, 0) is 13.8 Å². The van der Waals surface area contributed by atoms with E-state index in [0.29, 0.717) is 13.0 Å². The minimum absolute atomic E-state index is 0.240. The number of rotatable bonds is 6. The highest BCUT2D eigenvalue weighted by molar-refractivity contribution is 8.13. The van der Waals surface area contributed by atoms with Crippen LogP contribution in [0, 0.1) is 10.1 Å². The predicted octanol–water partition coefficient (Wildman–Crippen LogP) is 1.32. The molecule has 0 fully saturated rings. The van der Waals surface area contributed by atoms with E-state index in [1.54, 1.807) is 6.92 Å². The molecule has 0 aliphatic carbocycles. The van der Waals surface area contributed by atoms with Gasteiger partial charge in [0.2, 0.25) is 4.90 Å². The van der Waals surface area contributed by atoms with Crippen molar-refractivity contribution in [1.82, 2.24) is 9.78 Å². The van der Waals surface area contributed by atoms with Gasteiger partial charge in [-0.25, -0.2) is 8.42 Å². The van der Waals surface area contributed by atoms with E-state index < -0.39 is 24.7 Å². The van der Waals surface area contributed by atoms with Crippen LogP contribution >= 0.6 is 10.7 Å². The van der Waals surface area contributed by atoms with Crippen LogP contribution in [0.3, 0.4) is 0 Å². The summed E-state index contributed by atoms with van der Waals surface area (Å²) in [5.41, 5.74) is 0. The van der Waals surface area contributed by atoms with E-state index in [1.807, 2.05) is 0 Å². The van der Waals surface area contributed by atoms with E-state index in [1.165, 1.54) is 11.8 Å². The number of hydrogen-bond donors (Lipinski definition) is 0. The number of halogens is 1. The summed E-state index contributed by atoms with van der Waals surface area (Å²) in [6.45, 7) is 2.16. The second-order valence-corrected chi connectivity index (χ2v) is 6.16. The molecule has 8 nitrogen and oxygen atoms in total. The largest absolute Gasteiger partial charge is 0.410 e. The molecule has 0 aromatic carbocycles. The lowest BCUT2D eigenvalue weighted by Gasteiger charge is -2.06. The summed E-state index contributed by atoms with van der Waals surface area (Å²) < 4.78 is 28.4. The summed E-state index contributed by atoms with van der Waals surface area (Å²) in [6.07, 6.45) is 1.60. The smallest absolute Gasteiger partial charge is 0.385 e. The summed E-state index contributed by atoms with van der Waals surface area (Å²) in [4.78, 5) is 9.22. The zero-order valence-corrected chi connectivity index (χ0v) is 11.3. The van der Waals surface area contributed by atoms with Crippen molar-refractivity contribution in [3.63, 3.8) is 0 Å². The molecule has 0 amide bonds. The van der Waals surface area contributed by atoms with Gasteiger partial charge in [0, 0.05) is 24.4 Å². The maximum Gasteiger partial charge on any atom is 0.410 e. The minimum atomic E-state index is -4.20. The monoisotopic (exact) mass is 297 g/mol. The van der Waals surface area contributed by atoms with Gasteiger partial charge in [0.1, 0.15) is 0 Å². The van der Waals surface area contributed by atoms with Crippen LogP contribution in [0.25, 0.3) is 0 Å². The molecule has 1 aromatic heterocycles. The molecule has 1 rings (SSSR count). The third kappa shape index (κ3) is 3.40. The van der Waals surface area contributed by atoms with Crippen molar-refractivity contribution in [2.24, 2.45) is 0 Å². The van der Waals surface area contributed by atoms with Crippen LogP contribution in [0.5, 0.6) is 0 Å². The molecular formula is C8H12ClN3O5S. The zero-order chi connectivity index (χ0) is 13.9. The molecule has 0 aliphatic rings. The van der Waals surface area contributed by atoms with Crippen molar-refractivity contribution in [3.05, 3.63) is 16.3 Å². The molecule has 102 valence electrons. The Morgan fingerprint density at radius 2 is 2.28 bits per heavy atom. The van der Waals surface area contributed by atoms with Crippen molar-refractivity contribution in [1.29, 1.82) is 0 Å². The highest BCUT2D eigenvalue weighted by Gasteiger charge is 2.31. The summed E-state index contributed by atoms with van der Waals surface area (Å²) in [5, 5.41) is 14.3. The fourth-order valence-corrected chi connectivity index (χ4v) is 2.20. The molecule has 1 aromatic rings. The highest BCUT2D eigenvalue weighted by atomic mass is 35.7. The third-order valence-electron chi connectivity index (χ3n) is 2.31. The molecule has 0 radical (unpaired) electrons. The second kappa shape index (κ2) is 5.63. The van der Waals surface area contributed by atoms with Crippen molar-refractivity contribution in [2.75, 3.05) is 13.7 Å². The molecule has 1 heterocycles. The van der Waals surface area contributed by atoms with Crippen LogP contribution in [0.4, 0.5) is 5.82 Å². The Balaban J connectivity index is 3.14. The maximum atomic E-state index is 11.2. The first-order valence-electron chi connectivity index (χ1n) is 4.94. The van der Waals surface area contributed by atoms with Gasteiger partial charge in [-0.15, -0.1) is 0 Å². The van der Waals surface area contributed by atoms with E-state index in [0.717, 1.165) is 6.20 Å². The van der Waals surface area contributed by atoms with Crippen LogP contribution in [0.1, 0.15) is 19.4 Å². The Morgan fingerprint density at radius 3 is 2.67 bits per heavy atom. The van der Waals surface area contributed by atoms with E-state index in [-0.39, 0.29) is 6.04 Å². The number of hydrogen-bond acceptors (Lipinski definition) is 6. The molecule has 0 spiro atoms. The molecule has 18 heavy (non-hydrogen) atoms. The van der Waals surface area contributed by atoms with Crippen LogP contribution < -0.4 is 0 Å². The number of methoxy groups -OCH3 is 1. The second-order valence-electron chi connectivity index (χ2n) is 3.62. The van der Waals surface area contributed by atoms with Crippen molar-refractivity contribution in [3.8, 4) is 0 Å². The van der Waals surface area contributed by atoms with Crippen molar-refractivity contribution >= 4 is 25.6 Å². The van der Waals surface area contributed by atoms with E-state index in [2.05, 4.69) is 5.10 Å². The highest BCUT2D eigenvalue weighted by Crippen LogP contribution is 2.27. The molecule has 0 saturated carbocycles. The average molecular weight is 298 g/mol. The summed E-state index contributed by atoms with van der Waals surface area (Å²) in [7, 11) is 2.44. The number of ether oxygens (including phenoxy) is 1. The first kappa shape index (κ1) is 14.9. The quantitative estimate of drug-likeness (QED) is 0.445.